The van der Waals surface area contributed by atoms with Gasteiger partial charge >= 0.3 is 6.09 Å². The van der Waals surface area contributed by atoms with Gasteiger partial charge in [-0.05, 0) is 51.5 Å². The normalized spacial score (nSPS) is 17.3. The third-order valence-electron chi connectivity index (χ3n) is 3.60. The topological polar surface area (TPSA) is 72.0 Å². The molecule has 1 heterocycles. The van der Waals surface area contributed by atoms with E-state index in [1.165, 1.54) is 0 Å². The van der Waals surface area contributed by atoms with E-state index >= 15 is 0 Å². The Morgan fingerprint density at radius 1 is 1.32 bits per heavy atom. The molecule has 1 unspecified atom stereocenters. The van der Waals surface area contributed by atoms with Crippen LogP contribution in [0, 0.1) is 0 Å². The Morgan fingerprint density at radius 2 is 2.04 bits per heavy atom. The minimum Gasteiger partial charge on any atom is -0.494 e. The van der Waals surface area contributed by atoms with Gasteiger partial charge in [-0.15, -0.1) is 0 Å². The van der Waals surface area contributed by atoms with E-state index < -0.39 is 11.7 Å². The van der Waals surface area contributed by atoms with Crippen molar-refractivity contribution in [3.05, 3.63) is 29.8 Å². The van der Waals surface area contributed by atoms with Crippen molar-refractivity contribution in [1.82, 2.24) is 10.6 Å². The maximum atomic E-state index is 11.8. The number of rotatable bonds is 6. The van der Waals surface area contributed by atoms with E-state index in [9.17, 15) is 4.79 Å². The molecular weight excluding hydrogens is 318 g/mol. The molecule has 0 fully saturated rings. The van der Waals surface area contributed by atoms with Crippen LogP contribution in [0.5, 0.6) is 5.75 Å². The number of carbonyl (C=O) groups is 1. The maximum Gasteiger partial charge on any atom is 0.407 e. The summed E-state index contributed by atoms with van der Waals surface area (Å²) in [4.78, 5) is 16.3. The highest BCUT2D eigenvalue weighted by Gasteiger charge is 2.21. The summed E-state index contributed by atoms with van der Waals surface area (Å²) in [7, 11) is 0. The molecule has 1 aliphatic rings. The van der Waals surface area contributed by atoms with Gasteiger partial charge < -0.3 is 20.1 Å². The summed E-state index contributed by atoms with van der Waals surface area (Å²) in [5.41, 5.74) is 0.514. The lowest BCUT2D eigenvalue weighted by Crippen LogP contribution is -2.50. The van der Waals surface area contributed by atoms with E-state index in [0.29, 0.717) is 13.1 Å². The number of unbranched alkanes of at least 4 members (excludes halogenated alkanes) is 1. The highest BCUT2D eigenvalue weighted by Crippen LogP contribution is 2.14. The van der Waals surface area contributed by atoms with Crippen molar-refractivity contribution in [1.29, 1.82) is 0 Å². The first kappa shape index (κ1) is 19.1. The van der Waals surface area contributed by atoms with Crippen LogP contribution in [0.4, 0.5) is 4.79 Å². The molecule has 0 aromatic heterocycles. The predicted molar refractivity (Wildman–Crippen MR) is 99.4 cm³/mol. The van der Waals surface area contributed by atoms with E-state index in [1.807, 2.05) is 45.0 Å². The van der Waals surface area contributed by atoms with Gasteiger partial charge in [-0.25, -0.2) is 4.79 Å². The standard InChI is InChI=1S/C19H29N3O3/c1-5-6-11-24-16-9-7-14(8-10-16)17-20-12-15(13-21-17)22-18(23)25-19(2,3)4/h7-10,15H,5-6,11-13H2,1-4H3,(H,20,21)(H,22,23). The Balaban J connectivity index is 1.85. The average Bonchev–Trinajstić information content (AvgIpc) is 2.55. The molecular formula is C19H29N3O3. The first-order valence-electron chi connectivity index (χ1n) is 8.88. The van der Waals surface area contributed by atoms with Gasteiger partial charge in [0.2, 0.25) is 0 Å². The second-order valence-electron chi connectivity index (χ2n) is 7.14. The SMILES string of the molecule is CCCCOc1ccc(C2=NCC(NC(=O)OC(C)(C)C)CN2)cc1. The number of alkyl carbamates (subject to hydrolysis) is 1. The monoisotopic (exact) mass is 347 g/mol. The van der Waals surface area contributed by atoms with Gasteiger partial charge in [0.25, 0.3) is 0 Å². The lowest BCUT2D eigenvalue weighted by Gasteiger charge is -2.26. The van der Waals surface area contributed by atoms with Crippen molar-refractivity contribution in [2.75, 3.05) is 19.7 Å². The predicted octanol–water partition coefficient (Wildman–Crippen LogP) is 3.11. The van der Waals surface area contributed by atoms with Crippen molar-refractivity contribution < 1.29 is 14.3 Å². The third kappa shape index (κ3) is 6.64. The molecule has 1 atom stereocenters. The smallest absolute Gasteiger partial charge is 0.407 e. The minimum absolute atomic E-state index is 0.0738. The van der Waals surface area contributed by atoms with Crippen LogP contribution in [-0.2, 0) is 4.74 Å². The molecule has 1 amide bonds. The van der Waals surface area contributed by atoms with E-state index in [2.05, 4.69) is 22.5 Å². The molecule has 0 bridgehead atoms. The van der Waals surface area contributed by atoms with Crippen LogP contribution < -0.4 is 15.4 Å². The number of nitrogens with zero attached hydrogens (tertiary/aromatic N) is 1. The fraction of sp³-hybridized carbons (Fsp3) is 0.579. The zero-order valence-corrected chi connectivity index (χ0v) is 15.6. The number of hydrogen-bond acceptors (Lipinski definition) is 5. The molecule has 25 heavy (non-hydrogen) atoms. The zero-order valence-electron chi connectivity index (χ0n) is 15.6. The van der Waals surface area contributed by atoms with E-state index in [0.717, 1.165) is 36.6 Å². The summed E-state index contributed by atoms with van der Waals surface area (Å²) in [6.45, 7) is 9.56. The van der Waals surface area contributed by atoms with Crippen molar-refractivity contribution in [2.45, 2.75) is 52.2 Å². The van der Waals surface area contributed by atoms with E-state index in [4.69, 9.17) is 9.47 Å². The molecule has 1 aromatic rings. The van der Waals surface area contributed by atoms with Crippen LogP contribution in [0.25, 0.3) is 0 Å². The van der Waals surface area contributed by atoms with Gasteiger partial charge in [0.05, 0.1) is 19.2 Å². The highest BCUT2D eigenvalue weighted by atomic mass is 16.6. The molecule has 0 saturated heterocycles. The van der Waals surface area contributed by atoms with Gasteiger partial charge in [-0.3, -0.25) is 4.99 Å². The first-order chi connectivity index (χ1) is 11.9. The number of aliphatic imine (C=N–C) groups is 1. The van der Waals surface area contributed by atoms with Gasteiger partial charge in [-0.2, -0.15) is 0 Å². The number of hydrogen-bond donors (Lipinski definition) is 2. The molecule has 1 aliphatic heterocycles. The quantitative estimate of drug-likeness (QED) is 0.776. The molecule has 2 N–H and O–H groups in total. The number of carbonyl (C=O) groups excluding carboxylic acids is 1. The van der Waals surface area contributed by atoms with Gasteiger partial charge in [-0.1, -0.05) is 13.3 Å². The molecule has 2 rings (SSSR count). The Bertz CT molecular complexity index is 591. The zero-order chi connectivity index (χ0) is 18.3. The molecule has 1 aromatic carbocycles. The molecule has 138 valence electrons. The number of nitrogens with one attached hydrogen (secondary N) is 2. The minimum atomic E-state index is -0.498. The van der Waals surface area contributed by atoms with E-state index in [-0.39, 0.29) is 6.04 Å². The van der Waals surface area contributed by atoms with Crippen LogP contribution in [0.15, 0.2) is 29.3 Å². The van der Waals surface area contributed by atoms with Gasteiger partial charge in [0.1, 0.15) is 17.2 Å². The highest BCUT2D eigenvalue weighted by molar-refractivity contribution is 5.99. The third-order valence-corrected chi connectivity index (χ3v) is 3.60. The summed E-state index contributed by atoms with van der Waals surface area (Å²) in [5, 5.41) is 6.10. The summed E-state index contributed by atoms with van der Waals surface area (Å²) in [6, 6.07) is 7.83. The van der Waals surface area contributed by atoms with Gasteiger partial charge in [0, 0.05) is 12.1 Å². The maximum absolute atomic E-state index is 11.8. The number of benzene rings is 1. The second-order valence-corrected chi connectivity index (χ2v) is 7.14. The Kier molecular flexibility index (Phi) is 6.67. The fourth-order valence-corrected chi connectivity index (χ4v) is 2.35. The Labute approximate surface area is 150 Å². The number of amides is 1. The van der Waals surface area contributed by atoms with E-state index in [1.54, 1.807) is 0 Å². The molecule has 6 heteroatoms. The van der Waals surface area contributed by atoms with Crippen LogP contribution in [0.1, 0.15) is 46.1 Å². The van der Waals surface area contributed by atoms with Gasteiger partial charge in [0.15, 0.2) is 0 Å². The summed E-state index contributed by atoms with van der Waals surface area (Å²) >= 11 is 0. The van der Waals surface area contributed by atoms with Crippen molar-refractivity contribution >= 4 is 11.9 Å². The van der Waals surface area contributed by atoms with Crippen molar-refractivity contribution in [3.63, 3.8) is 0 Å². The average molecular weight is 347 g/mol. The van der Waals surface area contributed by atoms with Crippen LogP contribution >= 0.6 is 0 Å². The number of amidine groups is 1. The Morgan fingerprint density at radius 3 is 2.60 bits per heavy atom. The first-order valence-corrected chi connectivity index (χ1v) is 8.88. The summed E-state index contributed by atoms with van der Waals surface area (Å²) in [6.07, 6.45) is 1.77. The summed E-state index contributed by atoms with van der Waals surface area (Å²) < 4.78 is 10.9. The molecule has 0 saturated carbocycles. The van der Waals surface area contributed by atoms with Crippen LogP contribution in [-0.4, -0.2) is 43.3 Å². The van der Waals surface area contributed by atoms with Crippen LogP contribution in [0.2, 0.25) is 0 Å². The van der Waals surface area contributed by atoms with Crippen molar-refractivity contribution in [2.24, 2.45) is 4.99 Å². The molecule has 0 radical (unpaired) electrons. The second kappa shape index (κ2) is 8.74. The largest absolute Gasteiger partial charge is 0.494 e. The molecule has 0 spiro atoms. The lowest BCUT2D eigenvalue weighted by molar-refractivity contribution is 0.0506. The molecule has 0 aliphatic carbocycles. The summed E-state index contributed by atoms with van der Waals surface area (Å²) in [5.74, 6) is 1.71. The Hall–Kier alpha value is -2.24. The number of ether oxygens (including phenoxy) is 2. The van der Waals surface area contributed by atoms with Crippen LogP contribution in [0.3, 0.4) is 0 Å². The molecule has 6 nitrogen and oxygen atoms in total. The lowest BCUT2D eigenvalue weighted by atomic mass is 10.1. The fourth-order valence-electron chi connectivity index (χ4n) is 2.35. The van der Waals surface area contributed by atoms with Crippen molar-refractivity contribution in [3.8, 4) is 5.75 Å².